The third-order valence-electron chi connectivity index (χ3n) is 2.63. The van der Waals surface area contributed by atoms with Crippen molar-refractivity contribution in [3.63, 3.8) is 0 Å². The van der Waals surface area contributed by atoms with Gasteiger partial charge in [0.25, 0.3) is 5.56 Å². The van der Waals surface area contributed by atoms with E-state index in [2.05, 4.69) is 10.3 Å². The molecule has 0 amide bonds. The van der Waals surface area contributed by atoms with Crippen LogP contribution < -0.4 is 10.9 Å². The molecule has 2 aromatic rings. The van der Waals surface area contributed by atoms with Gasteiger partial charge in [0.2, 0.25) is 0 Å². The number of hydrogen-bond acceptors (Lipinski definition) is 3. The van der Waals surface area contributed by atoms with Crippen molar-refractivity contribution >= 4 is 5.69 Å². The van der Waals surface area contributed by atoms with Crippen molar-refractivity contribution in [3.8, 4) is 5.69 Å². The number of rotatable bonds is 3. The van der Waals surface area contributed by atoms with Crippen LogP contribution >= 0.6 is 0 Å². The molecule has 0 spiro atoms. The van der Waals surface area contributed by atoms with E-state index < -0.39 is 0 Å². The second-order valence-corrected chi connectivity index (χ2v) is 4.50. The number of anilines is 1. The summed E-state index contributed by atoms with van der Waals surface area (Å²) in [6.45, 7) is 5.91. The highest BCUT2D eigenvalue weighted by atomic mass is 16.1. The number of hydrogen-bond donors (Lipinski definition) is 1. The van der Waals surface area contributed by atoms with Crippen LogP contribution in [0.1, 0.15) is 19.5 Å². The summed E-state index contributed by atoms with van der Waals surface area (Å²) in [4.78, 5) is 16.5. The van der Waals surface area contributed by atoms with E-state index in [0.29, 0.717) is 5.69 Å². The molecule has 4 heteroatoms. The van der Waals surface area contributed by atoms with Crippen LogP contribution in [0.5, 0.6) is 0 Å². The van der Waals surface area contributed by atoms with Gasteiger partial charge in [-0.1, -0.05) is 0 Å². The number of nitrogens with one attached hydrogen (secondary N) is 1. The van der Waals surface area contributed by atoms with Crippen molar-refractivity contribution in [2.45, 2.75) is 26.8 Å². The Morgan fingerprint density at radius 1 is 1.28 bits per heavy atom. The van der Waals surface area contributed by atoms with Gasteiger partial charge in [-0.3, -0.25) is 14.3 Å². The van der Waals surface area contributed by atoms with E-state index in [1.54, 1.807) is 23.0 Å². The first-order valence-corrected chi connectivity index (χ1v) is 6.00. The third kappa shape index (κ3) is 2.42. The molecular weight excluding hydrogens is 226 g/mol. The SMILES string of the molecule is Cc1ncccc1-n1cccc(NC(C)C)c1=O. The molecule has 2 rings (SSSR count). The zero-order valence-corrected chi connectivity index (χ0v) is 10.8. The fourth-order valence-electron chi connectivity index (χ4n) is 1.84. The van der Waals surface area contributed by atoms with Crippen molar-refractivity contribution < 1.29 is 0 Å². The molecule has 0 aliphatic heterocycles. The minimum absolute atomic E-state index is 0.0534. The van der Waals surface area contributed by atoms with Gasteiger partial charge in [-0.15, -0.1) is 0 Å². The molecule has 1 N–H and O–H groups in total. The molecule has 0 unspecified atom stereocenters. The summed E-state index contributed by atoms with van der Waals surface area (Å²) in [6, 6.07) is 7.60. The summed E-state index contributed by atoms with van der Waals surface area (Å²) in [6.07, 6.45) is 3.48. The molecule has 94 valence electrons. The molecule has 0 saturated heterocycles. The highest BCUT2D eigenvalue weighted by Crippen LogP contribution is 2.10. The maximum Gasteiger partial charge on any atom is 0.278 e. The van der Waals surface area contributed by atoms with Gasteiger partial charge in [-0.25, -0.2) is 0 Å². The fraction of sp³-hybridized carbons (Fsp3) is 0.286. The van der Waals surface area contributed by atoms with E-state index in [9.17, 15) is 4.79 Å². The van der Waals surface area contributed by atoms with E-state index in [1.165, 1.54) is 0 Å². The number of aromatic nitrogens is 2. The van der Waals surface area contributed by atoms with E-state index in [4.69, 9.17) is 0 Å². The van der Waals surface area contributed by atoms with Gasteiger partial charge < -0.3 is 5.32 Å². The van der Waals surface area contributed by atoms with Crippen molar-refractivity contribution in [3.05, 3.63) is 52.7 Å². The van der Waals surface area contributed by atoms with Crippen LogP contribution in [0.3, 0.4) is 0 Å². The van der Waals surface area contributed by atoms with E-state index in [1.807, 2.05) is 39.0 Å². The van der Waals surface area contributed by atoms with Gasteiger partial charge in [0, 0.05) is 18.4 Å². The average Bonchev–Trinajstić information content (AvgIpc) is 2.32. The maximum atomic E-state index is 12.3. The lowest BCUT2D eigenvalue weighted by molar-refractivity contribution is 0.880. The molecule has 0 saturated carbocycles. The number of nitrogens with zero attached hydrogens (tertiary/aromatic N) is 2. The first-order chi connectivity index (χ1) is 8.59. The lowest BCUT2D eigenvalue weighted by Gasteiger charge is -2.13. The Hall–Kier alpha value is -2.10. The quantitative estimate of drug-likeness (QED) is 0.900. The minimum atomic E-state index is -0.0534. The second-order valence-electron chi connectivity index (χ2n) is 4.50. The number of aryl methyl sites for hydroxylation is 1. The summed E-state index contributed by atoms with van der Waals surface area (Å²) < 4.78 is 1.62. The molecule has 18 heavy (non-hydrogen) atoms. The van der Waals surface area contributed by atoms with Crippen LogP contribution in [-0.2, 0) is 0 Å². The van der Waals surface area contributed by atoms with Crippen LogP contribution in [0.4, 0.5) is 5.69 Å². The van der Waals surface area contributed by atoms with Gasteiger partial charge >= 0.3 is 0 Å². The molecule has 0 fully saturated rings. The first kappa shape index (κ1) is 12.4. The lowest BCUT2D eigenvalue weighted by Crippen LogP contribution is -2.24. The molecule has 0 atom stereocenters. The number of pyridine rings is 2. The summed E-state index contributed by atoms with van der Waals surface area (Å²) in [5.41, 5.74) is 2.20. The first-order valence-electron chi connectivity index (χ1n) is 6.00. The van der Waals surface area contributed by atoms with Gasteiger partial charge in [0.15, 0.2) is 0 Å². The molecule has 0 aliphatic rings. The molecule has 4 nitrogen and oxygen atoms in total. The highest BCUT2D eigenvalue weighted by molar-refractivity contribution is 5.45. The van der Waals surface area contributed by atoms with Crippen molar-refractivity contribution in [2.75, 3.05) is 5.32 Å². The Morgan fingerprint density at radius 2 is 2.06 bits per heavy atom. The largest absolute Gasteiger partial charge is 0.378 e. The Kier molecular flexibility index (Phi) is 3.46. The van der Waals surface area contributed by atoms with Crippen LogP contribution in [0.15, 0.2) is 41.5 Å². The fourth-order valence-corrected chi connectivity index (χ4v) is 1.84. The Balaban J connectivity index is 2.53. The highest BCUT2D eigenvalue weighted by Gasteiger charge is 2.07. The normalized spacial score (nSPS) is 10.7. The van der Waals surface area contributed by atoms with Crippen LogP contribution in [0, 0.1) is 6.92 Å². The van der Waals surface area contributed by atoms with Crippen LogP contribution in [0.2, 0.25) is 0 Å². The van der Waals surface area contributed by atoms with Gasteiger partial charge in [0.1, 0.15) is 5.69 Å². The Morgan fingerprint density at radius 3 is 2.72 bits per heavy atom. The topological polar surface area (TPSA) is 46.9 Å². The molecule has 2 aromatic heterocycles. The summed E-state index contributed by atoms with van der Waals surface area (Å²) in [5.74, 6) is 0. The smallest absolute Gasteiger partial charge is 0.278 e. The van der Waals surface area contributed by atoms with Gasteiger partial charge in [-0.05, 0) is 45.0 Å². The Bertz CT molecular complexity index is 602. The van der Waals surface area contributed by atoms with E-state index in [-0.39, 0.29) is 11.6 Å². The molecule has 0 bridgehead atoms. The molecule has 0 aliphatic carbocycles. The second kappa shape index (κ2) is 5.04. The summed E-state index contributed by atoms with van der Waals surface area (Å²) in [5, 5.41) is 3.15. The van der Waals surface area contributed by atoms with Gasteiger partial charge in [-0.2, -0.15) is 0 Å². The third-order valence-corrected chi connectivity index (χ3v) is 2.63. The van der Waals surface area contributed by atoms with Gasteiger partial charge in [0.05, 0.1) is 11.4 Å². The van der Waals surface area contributed by atoms with Crippen molar-refractivity contribution in [1.29, 1.82) is 0 Å². The van der Waals surface area contributed by atoms with E-state index in [0.717, 1.165) is 11.4 Å². The maximum absolute atomic E-state index is 12.3. The molecular formula is C14H17N3O. The Labute approximate surface area is 106 Å². The predicted molar refractivity (Wildman–Crippen MR) is 73.3 cm³/mol. The van der Waals surface area contributed by atoms with E-state index >= 15 is 0 Å². The standard InChI is InChI=1S/C14H17N3O/c1-10(2)16-12-6-5-9-17(14(12)18)13-7-4-8-15-11(13)3/h4-10,16H,1-3H3. The zero-order valence-electron chi connectivity index (χ0n) is 10.8. The zero-order chi connectivity index (χ0) is 13.1. The van der Waals surface area contributed by atoms with Crippen LogP contribution in [0.25, 0.3) is 5.69 Å². The summed E-state index contributed by atoms with van der Waals surface area (Å²) >= 11 is 0. The average molecular weight is 243 g/mol. The van der Waals surface area contributed by atoms with Crippen molar-refractivity contribution in [1.82, 2.24) is 9.55 Å². The molecule has 0 radical (unpaired) electrons. The molecule has 0 aromatic carbocycles. The molecule has 2 heterocycles. The minimum Gasteiger partial charge on any atom is -0.378 e. The monoisotopic (exact) mass is 243 g/mol. The lowest BCUT2D eigenvalue weighted by atomic mass is 10.3. The summed E-state index contributed by atoms with van der Waals surface area (Å²) in [7, 11) is 0. The van der Waals surface area contributed by atoms with Crippen LogP contribution in [-0.4, -0.2) is 15.6 Å². The predicted octanol–water partition coefficient (Wildman–Crippen LogP) is 2.36. The van der Waals surface area contributed by atoms with Crippen molar-refractivity contribution in [2.24, 2.45) is 0 Å².